The van der Waals surface area contributed by atoms with Gasteiger partial charge in [0, 0.05) is 19.8 Å². The minimum atomic E-state index is -1.14. The first-order chi connectivity index (χ1) is 13.5. The van der Waals surface area contributed by atoms with Gasteiger partial charge in [0.1, 0.15) is 17.1 Å². The van der Waals surface area contributed by atoms with E-state index in [-0.39, 0.29) is 30.5 Å². The third-order valence-electron chi connectivity index (χ3n) is 4.19. The third kappa shape index (κ3) is 9.05. The lowest BCUT2D eigenvalue weighted by atomic mass is 10.0. The number of hydrogen-bond donors (Lipinski definition) is 3. The Morgan fingerprint density at radius 3 is 2.59 bits per heavy atom. The van der Waals surface area contributed by atoms with Gasteiger partial charge in [-0.15, -0.1) is 24.0 Å². The van der Waals surface area contributed by atoms with Gasteiger partial charge in [0.05, 0.1) is 26.5 Å². The maximum Gasteiger partial charge on any atom is 0.191 e. The lowest BCUT2D eigenvalue weighted by molar-refractivity contribution is 0.0385. The van der Waals surface area contributed by atoms with Gasteiger partial charge in [-0.05, 0) is 50.1 Å². The zero-order valence-electron chi connectivity index (χ0n) is 17.3. The highest BCUT2D eigenvalue weighted by Gasteiger charge is 2.26. The van der Waals surface area contributed by atoms with E-state index < -0.39 is 5.60 Å². The molecule has 29 heavy (non-hydrogen) atoms. The summed E-state index contributed by atoms with van der Waals surface area (Å²) in [4.78, 5) is 4.62. The summed E-state index contributed by atoms with van der Waals surface area (Å²) in [6.07, 6.45) is 2.42. The van der Waals surface area contributed by atoms with Crippen LogP contribution >= 0.6 is 24.0 Å². The van der Waals surface area contributed by atoms with Crippen LogP contribution in [0.4, 0.5) is 0 Å². The van der Waals surface area contributed by atoms with E-state index in [1.54, 1.807) is 32.4 Å². The van der Waals surface area contributed by atoms with Crippen LogP contribution in [-0.4, -0.2) is 44.5 Å². The van der Waals surface area contributed by atoms with Crippen LogP contribution in [0.5, 0.6) is 5.75 Å². The van der Waals surface area contributed by atoms with Gasteiger partial charge in [0.2, 0.25) is 0 Å². The van der Waals surface area contributed by atoms with E-state index in [2.05, 4.69) is 15.6 Å². The Hall–Kier alpha value is -1.78. The van der Waals surface area contributed by atoms with E-state index >= 15 is 0 Å². The molecule has 0 saturated heterocycles. The number of halogens is 1. The highest BCUT2D eigenvalue weighted by molar-refractivity contribution is 14.0. The summed E-state index contributed by atoms with van der Waals surface area (Å²) >= 11 is 0. The molecule has 0 fully saturated rings. The number of aliphatic hydroxyl groups is 1. The highest BCUT2D eigenvalue weighted by atomic mass is 127. The molecule has 0 aliphatic rings. The maximum atomic E-state index is 10.6. The number of guanidine groups is 1. The second-order valence-corrected chi connectivity index (χ2v) is 6.59. The van der Waals surface area contributed by atoms with E-state index in [1.807, 2.05) is 31.2 Å². The van der Waals surface area contributed by atoms with Crippen LogP contribution in [0, 0.1) is 0 Å². The summed E-state index contributed by atoms with van der Waals surface area (Å²) in [7, 11) is 1.65. The van der Waals surface area contributed by atoms with Crippen molar-refractivity contribution in [2.24, 2.45) is 4.99 Å². The first-order valence-electron chi connectivity index (χ1n) is 9.54. The molecule has 1 unspecified atom stereocenters. The van der Waals surface area contributed by atoms with Crippen molar-refractivity contribution < 1.29 is 19.0 Å². The smallest absolute Gasteiger partial charge is 0.191 e. The lowest BCUT2D eigenvalue weighted by Crippen LogP contribution is -2.44. The summed E-state index contributed by atoms with van der Waals surface area (Å²) in [5, 5.41) is 17.1. The summed E-state index contributed by atoms with van der Waals surface area (Å²) in [6, 6.07) is 11.3. The molecule has 0 amide bonds. The standard InChI is InChI=1S/C21H31N3O4.HI/c1-4-27-13-6-12-22-20(23-15-17-8-10-18(26-3)11-9-17)24-16-21(2,25)19-7-5-14-28-19;/h5,7-11,14,25H,4,6,12-13,15-16H2,1-3H3,(H2,22,23,24);1H. The van der Waals surface area contributed by atoms with E-state index in [9.17, 15) is 5.11 Å². The number of benzene rings is 1. The third-order valence-corrected chi connectivity index (χ3v) is 4.19. The van der Waals surface area contributed by atoms with E-state index in [1.165, 1.54) is 0 Å². The molecule has 0 aliphatic heterocycles. The minimum Gasteiger partial charge on any atom is -0.497 e. The first-order valence-corrected chi connectivity index (χ1v) is 9.54. The minimum absolute atomic E-state index is 0. The SMILES string of the molecule is CCOCCCNC(=NCc1ccc(OC)cc1)NCC(C)(O)c1ccco1.I. The fourth-order valence-corrected chi connectivity index (χ4v) is 2.53. The van der Waals surface area contributed by atoms with Gasteiger partial charge in [0.15, 0.2) is 5.96 Å². The van der Waals surface area contributed by atoms with Crippen LogP contribution in [0.15, 0.2) is 52.1 Å². The molecule has 0 aliphatic carbocycles. The topological polar surface area (TPSA) is 88.2 Å². The monoisotopic (exact) mass is 517 g/mol. The summed E-state index contributed by atoms with van der Waals surface area (Å²) < 4.78 is 15.9. The Morgan fingerprint density at radius 1 is 1.21 bits per heavy atom. The Bertz CT molecular complexity index is 703. The molecule has 2 aromatic rings. The first kappa shape index (κ1) is 25.3. The molecule has 7 nitrogen and oxygen atoms in total. The van der Waals surface area contributed by atoms with Gasteiger partial charge in [-0.2, -0.15) is 0 Å². The normalized spacial score (nSPS) is 13.3. The quantitative estimate of drug-likeness (QED) is 0.184. The molecule has 1 aromatic heterocycles. The Kier molecular flexibility index (Phi) is 11.7. The highest BCUT2D eigenvalue weighted by Crippen LogP contribution is 2.19. The summed E-state index contributed by atoms with van der Waals surface area (Å²) in [5.74, 6) is 1.94. The molecule has 0 radical (unpaired) electrons. The van der Waals surface area contributed by atoms with Crippen molar-refractivity contribution in [2.75, 3.05) is 33.4 Å². The van der Waals surface area contributed by atoms with Gasteiger partial charge in [-0.1, -0.05) is 12.1 Å². The average Bonchev–Trinajstić information content (AvgIpc) is 3.25. The van der Waals surface area contributed by atoms with E-state index in [4.69, 9.17) is 13.9 Å². The Balaban J connectivity index is 0.00000420. The number of methoxy groups -OCH3 is 1. The molecule has 2 rings (SSSR count). The summed E-state index contributed by atoms with van der Waals surface area (Å²) in [6.45, 7) is 6.58. The molecule has 162 valence electrons. The zero-order valence-corrected chi connectivity index (χ0v) is 19.6. The second-order valence-electron chi connectivity index (χ2n) is 6.59. The van der Waals surface area contributed by atoms with Gasteiger partial charge in [0.25, 0.3) is 0 Å². The molecule has 0 spiro atoms. The van der Waals surface area contributed by atoms with Crippen LogP contribution in [0.1, 0.15) is 31.6 Å². The Morgan fingerprint density at radius 2 is 1.97 bits per heavy atom. The maximum absolute atomic E-state index is 10.6. The molecular weight excluding hydrogens is 485 g/mol. The van der Waals surface area contributed by atoms with Crippen molar-refractivity contribution in [3.8, 4) is 5.75 Å². The largest absolute Gasteiger partial charge is 0.497 e. The predicted octanol–water partition coefficient (Wildman–Crippen LogP) is 3.28. The van der Waals surface area contributed by atoms with Crippen LogP contribution < -0.4 is 15.4 Å². The van der Waals surface area contributed by atoms with Gasteiger partial charge in [-0.25, -0.2) is 4.99 Å². The number of furan rings is 1. The second kappa shape index (κ2) is 13.4. The van der Waals surface area contributed by atoms with E-state index in [0.29, 0.717) is 31.5 Å². The molecular formula is C21H32IN3O4. The fourth-order valence-electron chi connectivity index (χ4n) is 2.53. The van der Waals surface area contributed by atoms with Crippen molar-refractivity contribution in [1.82, 2.24) is 10.6 Å². The lowest BCUT2D eigenvalue weighted by Gasteiger charge is -2.23. The summed E-state index contributed by atoms with van der Waals surface area (Å²) in [5.41, 5.74) is -0.0776. The number of ether oxygens (including phenoxy) is 2. The van der Waals surface area contributed by atoms with Crippen molar-refractivity contribution in [3.63, 3.8) is 0 Å². The number of nitrogens with zero attached hydrogens (tertiary/aromatic N) is 1. The molecule has 0 bridgehead atoms. The Labute approximate surface area is 189 Å². The molecule has 0 saturated carbocycles. The average molecular weight is 517 g/mol. The number of rotatable bonds is 11. The molecule has 1 atom stereocenters. The van der Waals surface area contributed by atoms with E-state index in [0.717, 1.165) is 24.3 Å². The van der Waals surface area contributed by atoms with Crippen LogP contribution in [0.25, 0.3) is 0 Å². The molecule has 3 N–H and O–H groups in total. The molecule has 1 aromatic carbocycles. The zero-order chi connectivity index (χ0) is 20.2. The van der Waals surface area contributed by atoms with Crippen molar-refractivity contribution in [2.45, 2.75) is 32.4 Å². The number of aliphatic imine (C=N–C) groups is 1. The fraction of sp³-hybridized carbons (Fsp3) is 0.476. The van der Waals surface area contributed by atoms with Gasteiger partial charge < -0.3 is 29.6 Å². The predicted molar refractivity (Wildman–Crippen MR) is 125 cm³/mol. The van der Waals surface area contributed by atoms with Gasteiger partial charge in [-0.3, -0.25) is 0 Å². The van der Waals surface area contributed by atoms with Crippen molar-refractivity contribution in [3.05, 3.63) is 54.0 Å². The molecule has 1 heterocycles. The molecule has 8 heteroatoms. The van der Waals surface area contributed by atoms with Gasteiger partial charge >= 0.3 is 0 Å². The van der Waals surface area contributed by atoms with Crippen LogP contribution in [-0.2, 0) is 16.9 Å². The van der Waals surface area contributed by atoms with Crippen molar-refractivity contribution >= 4 is 29.9 Å². The van der Waals surface area contributed by atoms with Crippen LogP contribution in [0.3, 0.4) is 0 Å². The number of hydrogen-bond acceptors (Lipinski definition) is 5. The van der Waals surface area contributed by atoms with Crippen LogP contribution in [0.2, 0.25) is 0 Å². The number of nitrogens with one attached hydrogen (secondary N) is 2. The van der Waals surface area contributed by atoms with Crippen molar-refractivity contribution in [1.29, 1.82) is 0 Å².